The van der Waals surface area contributed by atoms with E-state index in [1.807, 2.05) is 0 Å². The highest BCUT2D eigenvalue weighted by molar-refractivity contribution is 7.10. The lowest BCUT2D eigenvalue weighted by Gasteiger charge is -2.06. The molecule has 1 rings (SSSR count). The van der Waals surface area contributed by atoms with Gasteiger partial charge in [0, 0.05) is 4.88 Å². The van der Waals surface area contributed by atoms with Crippen molar-refractivity contribution in [2.45, 2.75) is 12.6 Å². The molecule has 1 aromatic rings. The van der Waals surface area contributed by atoms with Gasteiger partial charge in [-0.1, -0.05) is 6.07 Å². The van der Waals surface area contributed by atoms with Gasteiger partial charge < -0.3 is 4.74 Å². The van der Waals surface area contributed by atoms with Crippen molar-refractivity contribution in [2.75, 3.05) is 6.61 Å². The molecular formula is C8H7F3O2S. The van der Waals surface area contributed by atoms with Crippen molar-refractivity contribution >= 4 is 17.3 Å². The van der Waals surface area contributed by atoms with Crippen LogP contribution in [-0.2, 0) is 16.0 Å². The van der Waals surface area contributed by atoms with E-state index in [0.717, 1.165) is 0 Å². The van der Waals surface area contributed by atoms with Crippen LogP contribution in [0.2, 0.25) is 0 Å². The Kier molecular flexibility index (Phi) is 3.51. The molecule has 0 atom stereocenters. The molecule has 0 aliphatic heterocycles. The van der Waals surface area contributed by atoms with Gasteiger partial charge in [0.1, 0.15) is 0 Å². The zero-order chi connectivity index (χ0) is 10.6. The number of carbonyl (C=O) groups is 1. The number of carbonyl (C=O) groups excluding carboxylic acids is 1. The molecule has 0 N–H and O–H groups in total. The van der Waals surface area contributed by atoms with Crippen molar-refractivity contribution in [2.24, 2.45) is 0 Å². The first kappa shape index (κ1) is 11.0. The molecule has 0 saturated heterocycles. The maximum atomic E-state index is 11.6. The van der Waals surface area contributed by atoms with Crippen LogP contribution in [0.4, 0.5) is 13.2 Å². The van der Waals surface area contributed by atoms with Crippen molar-refractivity contribution in [1.82, 2.24) is 0 Å². The summed E-state index contributed by atoms with van der Waals surface area (Å²) in [5, 5.41) is 1.74. The number of rotatable bonds is 3. The number of halogens is 3. The zero-order valence-corrected chi connectivity index (χ0v) is 7.82. The summed E-state index contributed by atoms with van der Waals surface area (Å²) in [6.45, 7) is -1.52. The summed E-state index contributed by atoms with van der Waals surface area (Å²) >= 11 is 1.30. The minimum absolute atomic E-state index is 0.103. The molecule has 0 unspecified atom stereocenters. The van der Waals surface area contributed by atoms with Gasteiger partial charge in [0.05, 0.1) is 6.42 Å². The van der Waals surface area contributed by atoms with Gasteiger partial charge in [0.15, 0.2) is 6.61 Å². The van der Waals surface area contributed by atoms with Crippen molar-refractivity contribution in [3.63, 3.8) is 0 Å². The molecule has 0 amide bonds. The minimum atomic E-state index is -4.45. The predicted octanol–water partition coefficient (Wildman–Crippen LogP) is 2.40. The van der Waals surface area contributed by atoms with Crippen LogP contribution >= 0.6 is 11.3 Å². The van der Waals surface area contributed by atoms with Crippen molar-refractivity contribution < 1.29 is 22.7 Å². The third-order valence-corrected chi connectivity index (χ3v) is 2.17. The molecule has 2 nitrogen and oxygen atoms in total. The average Bonchev–Trinajstić information content (AvgIpc) is 2.52. The van der Waals surface area contributed by atoms with Gasteiger partial charge in [-0.2, -0.15) is 13.2 Å². The summed E-state index contributed by atoms with van der Waals surface area (Å²) in [6, 6.07) is 3.39. The fourth-order valence-electron chi connectivity index (χ4n) is 0.769. The van der Waals surface area contributed by atoms with Crippen molar-refractivity contribution in [3.8, 4) is 0 Å². The van der Waals surface area contributed by atoms with E-state index in [1.54, 1.807) is 17.5 Å². The first-order valence-electron chi connectivity index (χ1n) is 3.72. The van der Waals surface area contributed by atoms with Crippen molar-refractivity contribution in [3.05, 3.63) is 22.4 Å². The van der Waals surface area contributed by atoms with Gasteiger partial charge in [-0.15, -0.1) is 11.3 Å². The SMILES string of the molecule is O=C(Cc1cccs1)OCC(F)(F)F. The molecule has 14 heavy (non-hydrogen) atoms. The Morgan fingerprint density at radius 3 is 2.71 bits per heavy atom. The first-order chi connectivity index (χ1) is 6.47. The van der Waals surface area contributed by atoms with E-state index in [0.29, 0.717) is 4.88 Å². The minimum Gasteiger partial charge on any atom is -0.456 e. The second-order valence-corrected chi connectivity index (χ2v) is 3.56. The van der Waals surface area contributed by atoms with Gasteiger partial charge in [0.2, 0.25) is 0 Å². The first-order valence-corrected chi connectivity index (χ1v) is 4.60. The van der Waals surface area contributed by atoms with Crippen LogP contribution in [0.3, 0.4) is 0 Å². The molecule has 0 aliphatic rings. The number of hydrogen-bond acceptors (Lipinski definition) is 3. The van der Waals surface area contributed by atoms with Gasteiger partial charge in [-0.05, 0) is 11.4 Å². The topological polar surface area (TPSA) is 26.3 Å². The standard InChI is InChI=1S/C8H7F3O2S/c9-8(10,11)5-13-7(12)4-6-2-1-3-14-6/h1-3H,4-5H2. The number of ether oxygens (including phenoxy) is 1. The summed E-state index contributed by atoms with van der Waals surface area (Å²) in [6.07, 6.45) is -4.56. The Labute approximate surface area is 82.3 Å². The van der Waals surface area contributed by atoms with Crippen LogP contribution in [0, 0.1) is 0 Å². The normalized spacial score (nSPS) is 11.4. The molecule has 0 spiro atoms. The molecule has 0 radical (unpaired) electrons. The predicted molar refractivity (Wildman–Crippen MR) is 45.0 cm³/mol. The van der Waals surface area contributed by atoms with Gasteiger partial charge in [-0.3, -0.25) is 4.79 Å². The number of hydrogen-bond donors (Lipinski definition) is 0. The Morgan fingerprint density at radius 1 is 1.50 bits per heavy atom. The highest BCUT2D eigenvalue weighted by Crippen LogP contribution is 2.15. The van der Waals surface area contributed by atoms with Crippen LogP contribution in [-0.4, -0.2) is 18.8 Å². The largest absolute Gasteiger partial charge is 0.456 e. The monoisotopic (exact) mass is 224 g/mol. The molecule has 1 heterocycles. The van der Waals surface area contributed by atoms with E-state index in [-0.39, 0.29) is 6.42 Å². The second kappa shape index (κ2) is 4.45. The Morgan fingerprint density at radius 2 is 2.21 bits per heavy atom. The van der Waals surface area contributed by atoms with E-state index in [1.165, 1.54) is 11.3 Å². The molecule has 1 aromatic heterocycles. The molecule has 78 valence electrons. The molecule has 0 aromatic carbocycles. The summed E-state index contributed by atoms with van der Waals surface area (Å²) < 4.78 is 38.9. The van der Waals surface area contributed by atoms with Crippen LogP contribution in [0.15, 0.2) is 17.5 Å². The number of alkyl halides is 3. The van der Waals surface area contributed by atoms with Gasteiger partial charge in [0.25, 0.3) is 0 Å². The van der Waals surface area contributed by atoms with E-state index in [2.05, 4.69) is 4.74 Å². The summed E-state index contributed by atoms with van der Waals surface area (Å²) in [5.74, 6) is -0.857. The van der Waals surface area contributed by atoms with Crippen LogP contribution in [0.5, 0.6) is 0 Å². The summed E-state index contributed by atoms with van der Waals surface area (Å²) in [5.41, 5.74) is 0. The van der Waals surface area contributed by atoms with E-state index in [9.17, 15) is 18.0 Å². The molecule has 6 heteroatoms. The Bertz CT molecular complexity index is 292. The van der Waals surface area contributed by atoms with Crippen molar-refractivity contribution in [1.29, 1.82) is 0 Å². The van der Waals surface area contributed by atoms with Crippen LogP contribution in [0.25, 0.3) is 0 Å². The summed E-state index contributed by atoms with van der Waals surface area (Å²) in [7, 11) is 0. The zero-order valence-electron chi connectivity index (χ0n) is 7.00. The Balaban J connectivity index is 2.30. The summed E-state index contributed by atoms with van der Waals surface area (Å²) in [4.78, 5) is 11.5. The molecule has 0 fully saturated rings. The van der Waals surface area contributed by atoms with E-state index >= 15 is 0 Å². The van der Waals surface area contributed by atoms with Crippen LogP contribution < -0.4 is 0 Å². The number of esters is 1. The molecule has 0 bridgehead atoms. The Hall–Kier alpha value is -1.04. The smallest absolute Gasteiger partial charge is 0.422 e. The molecule has 0 aliphatic carbocycles. The fourth-order valence-corrected chi connectivity index (χ4v) is 1.46. The van der Waals surface area contributed by atoms with Gasteiger partial charge in [-0.25, -0.2) is 0 Å². The van der Waals surface area contributed by atoms with Gasteiger partial charge >= 0.3 is 12.1 Å². The molecule has 0 saturated carbocycles. The third kappa shape index (κ3) is 4.27. The lowest BCUT2D eigenvalue weighted by atomic mass is 10.3. The fraction of sp³-hybridized carbons (Fsp3) is 0.375. The number of thiophene rings is 1. The quantitative estimate of drug-likeness (QED) is 0.737. The van der Waals surface area contributed by atoms with E-state index in [4.69, 9.17) is 0 Å². The lowest BCUT2D eigenvalue weighted by molar-refractivity contribution is -0.185. The molecular weight excluding hydrogens is 217 g/mol. The second-order valence-electron chi connectivity index (χ2n) is 2.53. The van der Waals surface area contributed by atoms with Crippen LogP contribution in [0.1, 0.15) is 4.88 Å². The highest BCUT2D eigenvalue weighted by Gasteiger charge is 2.29. The maximum absolute atomic E-state index is 11.6. The van der Waals surface area contributed by atoms with E-state index < -0.39 is 18.8 Å². The maximum Gasteiger partial charge on any atom is 0.422 e. The lowest BCUT2D eigenvalue weighted by Crippen LogP contribution is -2.21. The average molecular weight is 224 g/mol. The third-order valence-electron chi connectivity index (χ3n) is 1.30. The highest BCUT2D eigenvalue weighted by atomic mass is 32.1.